The van der Waals surface area contributed by atoms with E-state index in [1.54, 1.807) is 18.2 Å². The maximum atomic E-state index is 13.6. The lowest BCUT2D eigenvalue weighted by atomic mass is 10.1. The van der Waals surface area contributed by atoms with Gasteiger partial charge in [-0.2, -0.15) is 13.2 Å². The average molecular weight is 613 g/mol. The van der Waals surface area contributed by atoms with Crippen molar-refractivity contribution in [2.45, 2.75) is 38.5 Å². The number of amides is 1. The van der Waals surface area contributed by atoms with Gasteiger partial charge in [0, 0.05) is 43.7 Å². The number of fused-ring (bicyclic) bond motifs is 1. The number of amidine groups is 1. The molecule has 0 unspecified atom stereocenters. The Morgan fingerprint density at radius 3 is 2.20 bits per heavy atom. The topological polar surface area (TPSA) is 114 Å². The number of nitrogens with zero attached hydrogens (tertiary/aromatic N) is 3. The Kier molecular flexibility index (Phi) is 9.63. The highest BCUT2D eigenvalue weighted by atomic mass is 19.4. The molecule has 5 rings (SSSR count). The van der Waals surface area contributed by atoms with Crippen LogP contribution in [0.25, 0.3) is 11.0 Å². The van der Waals surface area contributed by atoms with Crippen LogP contribution in [0.2, 0.25) is 0 Å². The Balaban J connectivity index is 1.42. The maximum Gasteiger partial charge on any atom is 0.416 e. The van der Waals surface area contributed by atoms with E-state index in [2.05, 4.69) is 16.7 Å². The third-order valence-electron chi connectivity index (χ3n) is 7.76. The summed E-state index contributed by atoms with van der Waals surface area (Å²) in [5.74, 6) is 0.573. The molecule has 45 heavy (non-hydrogen) atoms. The summed E-state index contributed by atoms with van der Waals surface area (Å²) < 4.78 is 42.0. The standard InChI is InChI=1S/C35H35F3N6O/c36-35(37,38)29-8-4-7-26(21-29)23-43(20-18-39)34(45)28-14-15-31-30(22-28)42-32(44(31)19-17-24-5-2-1-3-6-24)16-11-25-9-12-27(13-10-25)33(40)41/h1-10,12-15,21-22H,11,16-20,23,39H2,(H3,40,41). The second-order valence-corrected chi connectivity index (χ2v) is 10.9. The number of imidazole rings is 1. The lowest BCUT2D eigenvalue weighted by Gasteiger charge is -2.23. The summed E-state index contributed by atoms with van der Waals surface area (Å²) in [5.41, 5.74) is 15.9. The molecule has 10 heteroatoms. The summed E-state index contributed by atoms with van der Waals surface area (Å²) in [6.45, 7) is 1.04. The first-order valence-corrected chi connectivity index (χ1v) is 14.7. The van der Waals surface area contributed by atoms with Crippen molar-refractivity contribution in [3.8, 4) is 0 Å². The molecule has 1 aromatic heterocycles. The fraction of sp³-hybridized carbons (Fsp3) is 0.229. The molecule has 0 spiro atoms. The molecule has 0 radical (unpaired) electrons. The van der Waals surface area contributed by atoms with Gasteiger partial charge in [-0.15, -0.1) is 0 Å². The number of alkyl halides is 3. The van der Waals surface area contributed by atoms with E-state index in [9.17, 15) is 18.0 Å². The number of carbonyl (C=O) groups is 1. The smallest absolute Gasteiger partial charge is 0.384 e. The molecule has 4 aromatic carbocycles. The van der Waals surface area contributed by atoms with Gasteiger partial charge in [-0.1, -0.05) is 66.7 Å². The van der Waals surface area contributed by atoms with Crippen molar-refractivity contribution in [1.82, 2.24) is 14.5 Å². The highest BCUT2D eigenvalue weighted by molar-refractivity contribution is 5.97. The molecule has 0 saturated carbocycles. The van der Waals surface area contributed by atoms with E-state index in [0.717, 1.165) is 41.9 Å². The number of nitrogens with two attached hydrogens (primary N) is 2. The highest BCUT2D eigenvalue weighted by Gasteiger charge is 2.30. The molecule has 1 heterocycles. The van der Waals surface area contributed by atoms with Crippen LogP contribution >= 0.6 is 0 Å². The molecule has 5 aromatic rings. The summed E-state index contributed by atoms with van der Waals surface area (Å²) in [6, 6.07) is 28.1. The molecular weight excluding hydrogens is 577 g/mol. The van der Waals surface area contributed by atoms with Gasteiger partial charge >= 0.3 is 6.18 Å². The summed E-state index contributed by atoms with van der Waals surface area (Å²) in [4.78, 5) is 20.1. The molecule has 0 atom stereocenters. The van der Waals surface area contributed by atoms with Crippen molar-refractivity contribution in [3.05, 3.63) is 136 Å². The number of nitrogens with one attached hydrogen (secondary N) is 1. The second kappa shape index (κ2) is 13.8. The number of hydrogen-bond acceptors (Lipinski definition) is 4. The maximum absolute atomic E-state index is 13.6. The molecule has 0 aliphatic rings. The normalized spacial score (nSPS) is 11.6. The van der Waals surface area contributed by atoms with E-state index in [1.165, 1.54) is 16.5 Å². The number of aryl methyl sites for hydroxylation is 4. The van der Waals surface area contributed by atoms with E-state index in [0.29, 0.717) is 35.2 Å². The number of aromatic nitrogens is 2. The van der Waals surface area contributed by atoms with E-state index < -0.39 is 11.7 Å². The molecule has 5 N–H and O–H groups in total. The molecule has 0 saturated heterocycles. The number of carbonyl (C=O) groups excluding carboxylic acids is 1. The molecule has 0 aliphatic carbocycles. The quantitative estimate of drug-likeness (QED) is 0.119. The minimum Gasteiger partial charge on any atom is -0.384 e. The Bertz CT molecular complexity index is 1780. The van der Waals surface area contributed by atoms with E-state index in [-0.39, 0.29) is 31.4 Å². The van der Waals surface area contributed by atoms with Crippen LogP contribution in [0, 0.1) is 5.41 Å². The summed E-state index contributed by atoms with van der Waals surface area (Å²) in [7, 11) is 0. The zero-order chi connectivity index (χ0) is 32.0. The van der Waals surface area contributed by atoms with Crippen LogP contribution in [0.4, 0.5) is 13.2 Å². The Morgan fingerprint density at radius 1 is 0.822 bits per heavy atom. The lowest BCUT2D eigenvalue weighted by molar-refractivity contribution is -0.137. The Labute approximate surface area is 259 Å². The number of hydrogen-bond donors (Lipinski definition) is 3. The van der Waals surface area contributed by atoms with Gasteiger partial charge in [0.15, 0.2) is 0 Å². The van der Waals surface area contributed by atoms with Gasteiger partial charge in [0.2, 0.25) is 0 Å². The van der Waals surface area contributed by atoms with E-state index in [1.807, 2.05) is 48.5 Å². The summed E-state index contributed by atoms with van der Waals surface area (Å²) >= 11 is 0. The first-order valence-electron chi connectivity index (χ1n) is 14.7. The van der Waals surface area contributed by atoms with E-state index >= 15 is 0 Å². The van der Waals surface area contributed by atoms with Gasteiger partial charge in [-0.25, -0.2) is 4.98 Å². The van der Waals surface area contributed by atoms with Crippen molar-refractivity contribution in [2.24, 2.45) is 11.5 Å². The Hall–Kier alpha value is -4.96. The highest BCUT2D eigenvalue weighted by Crippen LogP contribution is 2.30. The van der Waals surface area contributed by atoms with Crippen LogP contribution in [-0.4, -0.2) is 39.3 Å². The third-order valence-corrected chi connectivity index (χ3v) is 7.76. The van der Waals surface area contributed by atoms with Crippen molar-refractivity contribution < 1.29 is 18.0 Å². The largest absolute Gasteiger partial charge is 0.416 e. The van der Waals surface area contributed by atoms with Crippen LogP contribution in [0.3, 0.4) is 0 Å². The number of nitrogen functional groups attached to an aromatic ring is 1. The molecule has 7 nitrogen and oxygen atoms in total. The van der Waals surface area contributed by atoms with Gasteiger partial charge in [0.25, 0.3) is 5.91 Å². The SMILES string of the molecule is N=C(N)c1ccc(CCc2nc3cc(C(=O)N(CCN)Cc4cccc(C(F)(F)F)c4)ccc3n2CCc2ccccc2)cc1. The van der Waals surface area contributed by atoms with E-state index in [4.69, 9.17) is 21.9 Å². The number of halogens is 3. The number of rotatable bonds is 12. The van der Waals surface area contributed by atoms with Crippen molar-refractivity contribution >= 4 is 22.8 Å². The molecule has 1 amide bonds. The zero-order valence-corrected chi connectivity index (χ0v) is 24.7. The predicted molar refractivity (Wildman–Crippen MR) is 170 cm³/mol. The minimum absolute atomic E-state index is 0.00280. The van der Waals surface area contributed by atoms with Crippen molar-refractivity contribution in [1.29, 1.82) is 5.41 Å². The van der Waals surface area contributed by atoms with Crippen LogP contribution < -0.4 is 11.5 Å². The minimum atomic E-state index is -4.47. The molecular formula is C35H35F3N6O. The first-order chi connectivity index (χ1) is 21.6. The second-order valence-electron chi connectivity index (χ2n) is 10.9. The number of benzene rings is 4. The summed E-state index contributed by atoms with van der Waals surface area (Å²) in [6.07, 6.45) is -2.30. The Morgan fingerprint density at radius 2 is 1.51 bits per heavy atom. The van der Waals surface area contributed by atoms with Crippen molar-refractivity contribution in [2.75, 3.05) is 13.1 Å². The van der Waals surface area contributed by atoms with Gasteiger partial charge in [-0.05, 0) is 59.9 Å². The van der Waals surface area contributed by atoms with Crippen molar-refractivity contribution in [3.63, 3.8) is 0 Å². The van der Waals surface area contributed by atoms with Crippen LogP contribution in [0.1, 0.15) is 44.0 Å². The first kappa shape index (κ1) is 31.5. The average Bonchev–Trinajstić information content (AvgIpc) is 3.39. The third kappa shape index (κ3) is 7.77. The van der Waals surface area contributed by atoms with Crippen LogP contribution in [0.15, 0.2) is 97.1 Å². The molecule has 0 fully saturated rings. The summed E-state index contributed by atoms with van der Waals surface area (Å²) in [5, 5.41) is 7.62. The molecule has 0 aliphatic heterocycles. The predicted octanol–water partition coefficient (Wildman–Crippen LogP) is 5.97. The van der Waals surface area contributed by atoms with Gasteiger partial charge in [0.1, 0.15) is 11.7 Å². The fourth-order valence-electron chi connectivity index (χ4n) is 5.40. The fourth-order valence-corrected chi connectivity index (χ4v) is 5.40. The van der Waals surface area contributed by atoms with Crippen LogP contribution in [0.5, 0.6) is 0 Å². The van der Waals surface area contributed by atoms with Crippen LogP contribution in [-0.2, 0) is 38.5 Å². The van der Waals surface area contributed by atoms with Gasteiger partial charge in [-0.3, -0.25) is 10.2 Å². The zero-order valence-electron chi connectivity index (χ0n) is 24.7. The lowest BCUT2D eigenvalue weighted by Crippen LogP contribution is -2.35. The molecule has 232 valence electrons. The van der Waals surface area contributed by atoms with Gasteiger partial charge < -0.3 is 20.9 Å². The van der Waals surface area contributed by atoms with Gasteiger partial charge in [0.05, 0.1) is 16.6 Å². The monoisotopic (exact) mass is 612 g/mol. The molecule has 0 bridgehead atoms.